The van der Waals surface area contributed by atoms with Gasteiger partial charge >= 0.3 is 12.0 Å². The zero-order valence-electron chi connectivity index (χ0n) is 12.7. The van der Waals surface area contributed by atoms with Crippen LogP contribution in [0.2, 0.25) is 5.02 Å². The molecular formula is C13H16ClN3O6S. The topological polar surface area (TPSA) is 145 Å². The van der Waals surface area contributed by atoms with Crippen molar-refractivity contribution in [3.63, 3.8) is 0 Å². The van der Waals surface area contributed by atoms with Crippen LogP contribution in [0.1, 0.15) is 23.7 Å². The van der Waals surface area contributed by atoms with Crippen molar-refractivity contribution in [3.05, 3.63) is 28.8 Å². The van der Waals surface area contributed by atoms with Crippen molar-refractivity contribution in [2.45, 2.75) is 18.2 Å². The number of primary sulfonamides is 1. The molecule has 0 atom stereocenters. The van der Waals surface area contributed by atoms with Gasteiger partial charge in [0.25, 0.3) is 5.91 Å². The molecular weight excluding hydrogens is 362 g/mol. The van der Waals surface area contributed by atoms with Crippen LogP contribution in [0, 0.1) is 0 Å². The van der Waals surface area contributed by atoms with E-state index in [1.54, 1.807) is 0 Å². The number of amides is 3. The van der Waals surface area contributed by atoms with Crippen LogP contribution >= 0.6 is 11.6 Å². The predicted octanol–water partition coefficient (Wildman–Crippen LogP) is 0.380. The molecule has 11 heteroatoms. The minimum absolute atomic E-state index is 0.0755. The summed E-state index contributed by atoms with van der Waals surface area (Å²) in [6.45, 7) is 1.48. The van der Waals surface area contributed by atoms with Gasteiger partial charge in [-0.3, -0.25) is 10.1 Å². The fourth-order valence-electron chi connectivity index (χ4n) is 1.49. The highest BCUT2D eigenvalue weighted by atomic mass is 35.5. The summed E-state index contributed by atoms with van der Waals surface area (Å²) >= 11 is 5.80. The van der Waals surface area contributed by atoms with Gasteiger partial charge in [-0.25, -0.2) is 23.1 Å². The Bertz CT molecular complexity index is 750. The smallest absolute Gasteiger partial charge is 0.340 e. The molecule has 3 amide bonds. The number of hydrogen-bond acceptors (Lipinski definition) is 6. The first-order chi connectivity index (χ1) is 11.1. The number of benzene rings is 1. The number of ether oxygens (including phenoxy) is 1. The molecule has 0 aromatic heterocycles. The molecule has 1 aromatic rings. The van der Waals surface area contributed by atoms with E-state index < -0.39 is 34.5 Å². The highest BCUT2D eigenvalue weighted by Gasteiger charge is 2.18. The van der Waals surface area contributed by atoms with Crippen molar-refractivity contribution in [2.75, 3.05) is 13.2 Å². The van der Waals surface area contributed by atoms with Gasteiger partial charge < -0.3 is 10.1 Å². The number of rotatable bonds is 6. The molecule has 0 spiro atoms. The van der Waals surface area contributed by atoms with Crippen molar-refractivity contribution in [2.24, 2.45) is 5.14 Å². The molecule has 0 unspecified atom stereocenters. The van der Waals surface area contributed by atoms with Crippen LogP contribution in [-0.4, -0.2) is 39.5 Å². The van der Waals surface area contributed by atoms with E-state index in [1.165, 1.54) is 0 Å². The van der Waals surface area contributed by atoms with E-state index in [9.17, 15) is 22.8 Å². The van der Waals surface area contributed by atoms with Crippen LogP contribution < -0.4 is 15.8 Å². The maximum atomic E-state index is 11.9. The summed E-state index contributed by atoms with van der Waals surface area (Å²) in [5.41, 5.74) is -0.272. The van der Waals surface area contributed by atoms with E-state index in [-0.39, 0.29) is 15.5 Å². The molecule has 1 rings (SSSR count). The Morgan fingerprint density at radius 1 is 1.29 bits per heavy atom. The van der Waals surface area contributed by atoms with Crippen molar-refractivity contribution in [1.29, 1.82) is 0 Å². The Kier molecular flexibility index (Phi) is 7.14. The van der Waals surface area contributed by atoms with E-state index in [0.717, 1.165) is 18.2 Å². The Hall–Kier alpha value is -2.17. The number of carbonyl (C=O) groups is 3. The number of nitrogens with one attached hydrogen (secondary N) is 2. The fourth-order valence-corrected chi connectivity index (χ4v) is 2.23. The number of halogens is 1. The zero-order chi connectivity index (χ0) is 18.3. The summed E-state index contributed by atoms with van der Waals surface area (Å²) < 4.78 is 27.2. The first kappa shape index (κ1) is 19.9. The fraction of sp³-hybridized carbons (Fsp3) is 0.308. The molecule has 0 fully saturated rings. The minimum atomic E-state index is -4.03. The predicted molar refractivity (Wildman–Crippen MR) is 84.9 cm³/mol. The Balaban J connectivity index is 2.69. The first-order valence-electron chi connectivity index (χ1n) is 6.72. The Morgan fingerprint density at radius 2 is 1.96 bits per heavy atom. The third kappa shape index (κ3) is 6.14. The van der Waals surface area contributed by atoms with Gasteiger partial charge in [-0.15, -0.1) is 0 Å². The summed E-state index contributed by atoms with van der Waals surface area (Å²) in [5, 5.41) is 9.25. The molecule has 0 aliphatic carbocycles. The molecule has 0 aliphatic rings. The van der Waals surface area contributed by atoms with Gasteiger partial charge in [0.15, 0.2) is 6.61 Å². The van der Waals surface area contributed by atoms with Gasteiger partial charge in [-0.05, 0) is 24.6 Å². The van der Waals surface area contributed by atoms with Crippen LogP contribution in [0.15, 0.2) is 23.1 Å². The lowest BCUT2D eigenvalue weighted by molar-refractivity contribution is -0.123. The molecule has 4 N–H and O–H groups in total. The van der Waals surface area contributed by atoms with Crippen LogP contribution in [-0.2, 0) is 19.6 Å². The maximum Gasteiger partial charge on any atom is 0.340 e. The van der Waals surface area contributed by atoms with Crippen LogP contribution in [0.3, 0.4) is 0 Å². The molecule has 0 saturated carbocycles. The summed E-state index contributed by atoms with van der Waals surface area (Å²) in [6, 6.07) is 2.51. The van der Waals surface area contributed by atoms with E-state index in [1.807, 2.05) is 12.2 Å². The minimum Gasteiger partial charge on any atom is -0.452 e. The number of nitrogens with two attached hydrogens (primary N) is 1. The van der Waals surface area contributed by atoms with E-state index in [0.29, 0.717) is 13.0 Å². The van der Waals surface area contributed by atoms with Gasteiger partial charge in [-0.1, -0.05) is 18.5 Å². The number of imide groups is 1. The van der Waals surface area contributed by atoms with Crippen LogP contribution in [0.4, 0.5) is 4.79 Å². The Morgan fingerprint density at radius 3 is 2.54 bits per heavy atom. The lowest BCUT2D eigenvalue weighted by Gasteiger charge is -2.08. The van der Waals surface area contributed by atoms with Crippen molar-refractivity contribution < 1.29 is 27.5 Å². The molecule has 0 aliphatic heterocycles. The average molecular weight is 378 g/mol. The number of sulfonamides is 1. The van der Waals surface area contributed by atoms with E-state index in [2.05, 4.69) is 5.32 Å². The third-order valence-corrected chi connectivity index (χ3v) is 3.85. The van der Waals surface area contributed by atoms with Crippen molar-refractivity contribution in [3.8, 4) is 0 Å². The van der Waals surface area contributed by atoms with Crippen LogP contribution in [0.5, 0.6) is 0 Å². The van der Waals surface area contributed by atoms with E-state index in [4.69, 9.17) is 21.5 Å². The second-order valence-corrected chi connectivity index (χ2v) is 6.54. The van der Waals surface area contributed by atoms with Crippen molar-refractivity contribution in [1.82, 2.24) is 10.6 Å². The van der Waals surface area contributed by atoms with Gasteiger partial charge in [0, 0.05) is 6.54 Å². The third-order valence-electron chi connectivity index (χ3n) is 2.61. The van der Waals surface area contributed by atoms with Gasteiger partial charge in [0.05, 0.1) is 15.5 Å². The number of esters is 1. The number of urea groups is 1. The number of carbonyl (C=O) groups excluding carboxylic acids is 3. The summed E-state index contributed by atoms with van der Waals surface area (Å²) in [4.78, 5) is 34.3. The normalized spacial score (nSPS) is 10.8. The second kappa shape index (κ2) is 8.62. The summed E-state index contributed by atoms with van der Waals surface area (Å²) in [5.74, 6) is -1.88. The van der Waals surface area contributed by atoms with Crippen LogP contribution in [0.25, 0.3) is 0 Å². The second-order valence-electron chi connectivity index (χ2n) is 4.57. The summed E-state index contributed by atoms with van der Waals surface area (Å²) in [6.07, 6.45) is 0.690. The van der Waals surface area contributed by atoms with Crippen molar-refractivity contribution >= 4 is 39.5 Å². The summed E-state index contributed by atoms with van der Waals surface area (Å²) in [7, 11) is -4.03. The van der Waals surface area contributed by atoms with Gasteiger partial charge in [0.2, 0.25) is 10.0 Å². The molecule has 1 aromatic carbocycles. The molecule has 132 valence electrons. The first-order valence-corrected chi connectivity index (χ1v) is 8.64. The largest absolute Gasteiger partial charge is 0.452 e. The molecule has 0 heterocycles. The SMILES string of the molecule is CCCNC(=O)NC(=O)COC(=O)c1cc(S(N)(=O)=O)ccc1Cl. The lowest BCUT2D eigenvalue weighted by atomic mass is 10.2. The van der Waals surface area contributed by atoms with Gasteiger partial charge in [0.1, 0.15) is 0 Å². The van der Waals surface area contributed by atoms with Gasteiger partial charge in [-0.2, -0.15) is 0 Å². The highest BCUT2D eigenvalue weighted by Crippen LogP contribution is 2.20. The maximum absolute atomic E-state index is 11.9. The molecule has 9 nitrogen and oxygen atoms in total. The molecule has 0 bridgehead atoms. The lowest BCUT2D eigenvalue weighted by Crippen LogP contribution is -2.41. The Labute approximate surface area is 143 Å². The molecule has 24 heavy (non-hydrogen) atoms. The standard InChI is InChI=1S/C13H16ClN3O6S/c1-2-5-16-13(20)17-11(18)7-23-12(19)9-6-8(24(15,21)22)3-4-10(9)14/h3-4,6H,2,5,7H2,1H3,(H2,15,21,22)(H2,16,17,18,20). The zero-order valence-corrected chi connectivity index (χ0v) is 14.2. The quantitative estimate of drug-likeness (QED) is 0.611. The number of hydrogen-bond donors (Lipinski definition) is 3. The molecule has 0 radical (unpaired) electrons. The van der Waals surface area contributed by atoms with E-state index >= 15 is 0 Å². The highest BCUT2D eigenvalue weighted by molar-refractivity contribution is 7.89. The average Bonchev–Trinajstić information content (AvgIpc) is 2.49. The molecule has 0 saturated heterocycles. The monoisotopic (exact) mass is 377 g/mol.